The van der Waals surface area contributed by atoms with Gasteiger partial charge in [0, 0.05) is 18.8 Å². The highest BCUT2D eigenvalue weighted by atomic mass is 16.5. The number of carboxylic acid groups (broad SMARTS) is 1. The normalized spacial score (nSPS) is 17.2. The number of fused-ring (bicyclic) bond motifs is 1. The third-order valence-electron chi connectivity index (χ3n) is 3.13. The van der Waals surface area contributed by atoms with E-state index in [9.17, 15) is 4.79 Å². The molecule has 3 rings (SSSR count). The summed E-state index contributed by atoms with van der Waals surface area (Å²) in [4.78, 5) is 10.8. The number of hydrogen-bond acceptors (Lipinski definition) is 2. The van der Waals surface area contributed by atoms with Crippen molar-refractivity contribution in [2.24, 2.45) is 0 Å². The van der Waals surface area contributed by atoms with E-state index >= 15 is 0 Å². The molecule has 1 aliphatic heterocycles. The van der Waals surface area contributed by atoms with Gasteiger partial charge in [0.05, 0.1) is 12.1 Å². The summed E-state index contributed by atoms with van der Waals surface area (Å²) >= 11 is 0. The van der Waals surface area contributed by atoms with E-state index in [0.717, 1.165) is 12.2 Å². The monoisotopic (exact) mass is 243 g/mol. The van der Waals surface area contributed by atoms with Gasteiger partial charge in [0.25, 0.3) is 0 Å². The Balaban J connectivity index is 1.70. The van der Waals surface area contributed by atoms with Crippen LogP contribution in [0.3, 0.4) is 0 Å². The molecule has 0 bridgehead atoms. The fourth-order valence-corrected chi connectivity index (χ4v) is 2.27. The summed E-state index contributed by atoms with van der Waals surface area (Å²) in [6.07, 6.45) is 4.36. The molecule has 1 aromatic heterocycles. The van der Waals surface area contributed by atoms with Gasteiger partial charge in [-0.3, -0.25) is 0 Å². The Morgan fingerprint density at radius 3 is 2.94 bits per heavy atom. The summed E-state index contributed by atoms with van der Waals surface area (Å²) in [7, 11) is 0. The van der Waals surface area contributed by atoms with Crippen molar-refractivity contribution in [2.75, 3.05) is 0 Å². The number of carbonyl (C=O) groups is 1. The lowest BCUT2D eigenvalue weighted by Gasteiger charge is -2.11. The van der Waals surface area contributed by atoms with E-state index in [-0.39, 0.29) is 6.10 Å². The summed E-state index contributed by atoms with van der Waals surface area (Å²) in [5.74, 6) is 0.0393. The predicted molar refractivity (Wildman–Crippen MR) is 66.0 cm³/mol. The van der Waals surface area contributed by atoms with Gasteiger partial charge < -0.3 is 14.4 Å². The Labute approximate surface area is 104 Å². The van der Waals surface area contributed by atoms with Gasteiger partial charge in [0.2, 0.25) is 0 Å². The molecule has 0 radical (unpaired) electrons. The fourth-order valence-electron chi connectivity index (χ4n) is 2.27. The van der Waals surface area contributed by atoms with Crippen molar-refractivity contribution in [1.29, 1.82) is 0 Å². The minimum atomic E-state index is -0.899. The van der Waals surface area contributed by atoms with Crippen molar-refractivity contribution in [1.82, 2.24) is 4.57 Å². The molecular formula is C14H13NO3. The van der Waals surface area contributed by atoms with E-state index in [1.54, 1.807) is 18.5 Å². The number of carboxylic acids is 1. The summed E-state index contributed by atoms with van der Waals surface area (Å²) in [5, 5.41) is 8.86. The number of aromatic carboxylic acids is 1. The van der Waals surface area contributed by atoms with Crippen molar-refractivity contribution in [3.8, 4) is 5.75 Å². The molecule has 1 unspecified atom stereocenters. The van der Waals surface area contributed by atoms with Gasteiger partial charge in [-0.15, -0.1) is 0 Å². The van der Waals surface area contributed by atoms with Gasteiger partial charge in [-0.05, 0) is 17.7 Å². The molecule has 0 saturated carbocycles. The highest BCUT2D eigenvalue weighted by molar-refractivity contribution is 5.87. The first kappa shape index (κ1) is 10.9. The van der Waals surface area contributed by atoms with Gasteiger partial charge in [-0.25, -0.2) is 4.79 Å². The van der Waals surface area contributed by atoms with Gasteiger partial charge in [0.15, 0.2) is 0 Å². The molecule has 2 aromatic rings. The first-order valence-corrected chi connectivity index (χ1v) is 5.86. The van der Waals surface area contributed by atoms with Gasteiger partial charge in [-0.2, -0.15) is 0 Å². The number of hydrogen-bond donors (Lipinski definition) is 1. The predicted octanol–water partition coefficient (Wildman–Crippen LogP) is 2.19. The van der Waals surface area contributed by atoms with Crippen LogP contribution in [-0.2, 0) is 13.0 Å². The molecule has 0 aliphatic carbocycles. The van der Waals surface area contributed by atoms with Crippen LogP contribution in [0.5, 0.6) is 5.75 Å². The average molecular weight is 243 g/mol. The van der Waals surface area contributed by atoms with Crippen LogP contribution in [0.15, 0.2) is 42.7 Å². The quantitative estimate of drug-likeness (QED) is 0.899. The summed E-state index contributed by atoms with van der Waals surface area (Å²) in [6.45, 7) is 0.669. The second-order valence-corrected chi connectivity index (χ2v) is 4.45. The Morgan fingerprint density at radius 2 is 2.22 bits per heavy atom. The van der Waals surface area contributed by atoms with Crippen molar-refractivity contribution in [3.63, 3.8) is 0 Å². The van der Waals surface area contributed by atoms with Crippen LogP contribution in [0, 0.1) is 0 Å². The van der Waals surface area contributed by atoms with Crippen LogP contribution in [0.1, 0.15) is 15.9 Å². The molecule has 4 heteroatoms. The van der Waals surface area contributed by atoms with Crippen LogP contribution in [-0.4, -0.2) is 21.7 Å². The lowest BCUT2D eigenvalue weighted by atomic mass is 10.1. The summed E-state index contributed by atoms with van der Waals surface area (Å²) < 4.78 is 7.67. The first-order valence-electron chi connectivity index (χ1n) is 5.86. The van der Waals surface area contributed by atoms with E-state index < -0.39 is 5.97 Å². The molecule has 1 N–H and O–H groups in total. The SMILES string of the molecule is O=C(O)c1ccn(CC2Cc3ccccc3O2)c1. The maximum absolute atomic E-state index is 10.8. The Kier molecular flexibility index (Phi) is 2.55. The van der Waals surface area contributed by atoms with Gasteiger partial charge in [0.1, 0.15) is 11.9 Å². The highest BCUT2D eigenvalue weighted by Gasteiger charge is 2.22. The van der Waals surface area contributed by atoms with E-state index in [0.29, 0.717) is 12.1 Å². The molecule has 2 heterocycles. The van der Waals surface area contributed by atoms with E-state index in [1.165, 1.54) is 5.56 Å². The lowest BCUT2D eigenvalue weighted by molar-refractivity contribution is 0.0696. The molecule has 18 heavy (non-hydrogen) atoms. The molecule has 1 atom stereocenters. The zero-order valence-corrected chi connectivity index (χ0v) is 9.74. The lowest BCUT2D eigenvalue weighted by Crippen LogP contribution is -2.19. The van der Waals surface area contributed by atoms with Crippen molar-refractivity contribution >= 4 is 5.97 Å². The number of rotatable bonds is 3. The minimum Gasteiger partial charge on any atom is -0.488 e. The molecule has 0 amide bonds. The zero-order valence-electron chi connectivity index (χ0n) is 9.74. The Hall–Kier alpha value is -2.23. The maximum atomic E-state index is 10.8. The van der Waals surface area contributed by atoms with Crippen molar-refractivity contribution in [3.05, 3.63) is 53.9 Å². The third kappa shape index (κ3) is 1.97. The highest BCUT2D eigenvalue weighted by Crippen LogP contribution is 2.28. The van der Waals surface area contributed by atoms with Crippen LogP contribution in [0.4, 0.5) is 0 Å². The fraction of sp³-hybridized carbons (Fsp3) is 0.214. The second-order valence-electron chi connectivity index (χ2n) is 4.45. The van der Waals surface area contributed by atoms with Crippen molar-refractivity contribution in [2.45, 2.75) is 19.1 Å². The van der Waals surface area contributed by atoms with Crippen LogP contribution in [0.25, 0.3) is 0 Å². The second kappa shape index (κ2) is 4.22. The number of benzene rings is 1. The zero-order chi connectivity index (χ0) is 12.5. The molecule has 4 nitrogen and oxygen atoms in total. The van der Waals surface area contributed by atoms with Gasteiger partial charge >= 0.3 is 5.97 Å². The number of aromatic nitrogens is 1. The topological polar surface area (TPSA) is 51.5 Å². The Bertz CT molecular complexity index is 563. The first-order chi connectivity index (χ1) is 8.72. The third-order valence-corrected chi connectivity index (χ3v) is 3.13. The molecular weight excluding hydrogens is 230 g/mol. The van der Waals surface area contributed by atoms with Crippen LogP contribution >= 0.6 is 0 Å². The van der Waals surface area contributed by atoms with Crippen molar-refractivity contribution < 1.29 is 14.6 Å². The van der Waals surface area contributed by atoms with E-state index in [4.69, 9.17) is 9.84 Å². The standard InChI is InChI=1S/C14H13NO3/c16-14(17)11-5-6-15(8-11)9-12-7-10-3-1-2-4-13(10)18-12/h1-6,8,12H,7,9H2,(H,16,17). The van der Waals surface area contributed by atoms with Crippen LogP contribution < -0.4 is 4.74 Å². The molecule has 0 saturated heterocycles. The number of nitrogens with zero attached hydrogens (tertiary/aromatic N) is 1. The number of para-hydroxylation sites is 1. The molecule has 1 aromatic carbocycles. The smallest absolute Gasteiger partial charge is 0.337 e. The van der Waals surface area contributed by atoms with Gasteiger partial charge in [-0.1, -0.05) is 18.2 Å². The molecule has 1 aliphatic rings. The van der Waals surface area contributed by atoms with Crippen LogP contribution in [0.2, 0.25) is 0 Å². The molecule has 0 spiro atoms. The number of ether oxygens (including phenoxy) is 1. The largest absolute Gasteiger partial charge is 0.488 e. The van der Waals surface area contributed by atoms with E-state index in [1.807, 2.05) is 22.8 Å². The Morgan fingerprint density at radius 1 is 1.39 bits per heavy atom. The summed E-state index contributed by atoms with van der Waals surface area (Å²) in [6, 6.07) is 9.59. The molecule has 0 fully saturated rings. The molecule has 92 valence electrons. The minimum absolute atomic E-state index is 0.0800. The maximum Gasteiger partial charge on any atom is 0.337 e. The van der Waals surface area contributed by atoms with E-state index in [2.05, 4.69) is 6.07 Å². The average Bonchev–Trinajstić information content (AvgIpc) is 2.94. The summed E-state index contributed by atoms with van der Waals surface area (Å²) in [5.41, 5.74) is 1.53.